The number of hydrogen-bond donors (Lipinski definition) is 1. The summed E-state index contributed by atoms with van der Waals surface area (Å²) in [5, 5.41) is 0. The molecule has 33 heavy (non-hydrogen) atoms. The highest BCUT2D eigenvalue weighted by Gasteiger charge is 2.30. The molecule has 0 bridgehead atoms. The van der Waals surface area contributed by atoms with Gasteiger partial charge < -0.3 is 4.90 Å². The number of likely N-dealkylation sites (N-methyl/N-ethyl adjacent to an activating group) is 1. The second-order valence-corrected chi connectivity index (χ2v) is 9.80. The van der Waals surface area contributed by atoms with Crippen molar-refractivity contribution in [3.63, 3.8) is 0 Å². The lowest BCUT2D eigenvalue weighted by Gasteiger charge is -2.27. The van der Waals surface area contributed by atoms with Crippen LogP contribution in [0.15, 0.2) is 83.8 Å². The van der Waals surface area contributed by atoms with Crippen LogP contribution in [-0.2, 0) is 27.8 Å². The standard InChI is InChI=1S/C24H24N4O3S2/c1-2-28(17-19-12-7-4-8-13-19)24(29)21(16-18-10-5-3-6-11-18)27-33(30,31)22-15-9-14-20-23(22)26-32-25-20/h3-15,21,27H,2,16-17H2,1H3. The zero-order chi connectivity index (χ0) is 23.3. The van der Waals surface area contributed by atoms with E-state index < -0.39 is 16.1 Å². The Labute approximate surface area is 197 Å². The Morgan fingerprint density at radius 1 is 0.939 bits per heavy atom. The van der Waals surface area contributed by atoms with Crippen molar-refractivity contribution in [2.45, 2.75) is 30.8 Å². The lowest BCUT2D eigenvalue weighted by atomic mass is 10.1. The van der Waals surface area contributed by atoms with E-state index in [1.54, 1.807) is 17.0 Å². The largest absolute Gasteiger partial charge is 0.337 e. The van der Waals surface area contributed by atoms with Gasteiger partial charge in [0.1, 0.15) is 22.0 Å². The molecule has 0 fully saturated rings. The molecule has 0 aliphatic rings. The molecule has 0 saturated heterocycles. The Morgan fingerprint density at radius 2 is 1.61 bits per heavy atom. The quantitative estimate of drug-likeness (QED) is 0.395. The topological polar surface area (TPSA) is 92.3 Å². The van der Waals surface area contributed by atoms with E-state index in [4.69, 9.17) is 0 Å². The van der Waals surface area contributed by atoms with Crippen molar-refractivity contribution in [3.05, 3.63) is 90.0 Å². The van der Waals surface area contributed by atoms with Crippen molar-refractivity contribution in [2.75, 3.05) is 6.54 Å². The third kappa shape index (κ3) is 5.44. The van der Waals surface area contributed by atoms with Crippen LogP contribution in [0, 0.1) is 0 Å². The molecular weight excluding hydrogens is 456 g/mol. The molecule has 0 spiro atoms. The van der Waals surface area contributed by atoms with Crippen LogP contribution in [0.2, 0.25) is 0 Å². The molecule has 170 valence electrons. The van der Waals surface area contributed by atoms with Crippen molar-refractivity contribution in [1.82, 2.24) is 18.4 Å². The van der Waals surface area contributed by atoms with E-state index in [9.17, 15) is 13.2 Å². The highest BCUT2D eigenvalue weighted by molar-refractivity contribution is 7.89. The molecule has 3 aromatic carbocycles. The van der Waals surface area contributed by atoms with Crippen LogP contribution < -0.4 is 4.72 Å². The first-order valence-electron chi connectivity index (χ1n) is 10.6. The van der Waals surface area contributed by atoms with Crippen LogP contribution >= 0.6 is 11.7 Å². The number of sulfonamides is 1. The smallest absolute Gasteiger partial charge is 0.243 e. The molecule has 0 radical (unpaired) electrons. The van der Waals surface area contributed by atoms with Gasteiger partial charge in [-0.15, -0.1) is 0 Å². The summed E-state index contributed by atoms with van der Waals surface area (Å²) in [7, 11) is -4.03. The summed E-state index contributed by atoms with van der Waals surface area (Å²) in [6.45, 7) is 2.73. The molecule has 0 aliphatic heterocycles. The molecule has 1 atom stereocenters. The fourth-order valence-electron chi connectivity index (χ4n) is 3.65. The van der Waals surface area contributed by atoms with Crippen LogP contribution in [-0.4, -0.2) is 40.6 Å². The maximum atomic E-state index is 13.6. The van der Waals surface area contributed by atoms with Gasteiger partial charge in [0, 0.05) is 13.1 Å². The number of nitrogens with one attached hydrogen (secondary N) is 1. The van der Waals surface area contributed by atoms with E-state index in [-0.39, 0.29) is 17.2 Å². The second kappa shape index (κ2) is 10.2. The van der Waals surface area contributed by atoms with Crippen molar-refractivity contribution < 1.29 is 13.2 Å². The number of aromatic nitrogens is 2. The van der Waals surface area contributed by atoms with Crippen LogP contribution in [0.3, 0.4) is 0 Å². The Hall–Kier alpha value is -3.14. The first kappa shape index (κ1) is 23.0. The van der Waals surface area contributed by atoms with Gasteiger partial charge in [-0.2, -0.15) is 13.5 Å². The summed E-state index contributed by atoms with van der Waals surface area (Å²) in [6.07, 6.45) is 0.232. The maximum Gasteiger partial charge on any atom is 0.243 e. The molecule has 0 saturated carbocycles. The SMILES string of the molecule is CCN(Cc1ccccc1)C(=O)C(Cc1ccccc1)NS(=O)(=O)c1cccc2nsnc12. The zero-order valence-electron chi connectivity index (χ0n) is 18.1. The van der Waals surface area contributed by atoms with Crippen LogP contribution in [0.4, 0.5) is 0 Å². The van der Waals surface area contributed by atoms with Gasteiger partial charge >= 0.3 is 0 Å². The van der Waals surface area contributed by atoms with Crippen LogP contribution in [0.25, 0.3) is 11.0 Å². The highest BCUT2D eigenvalue weighted by Crippen LogP contribution is 2.22. The van der Waals surface area contributed by atoms with Gasteiger partial charge in [-0.1, -0.05) is 66.7 Å². The Balaban J connectivity index is 1.65. The number of benzene rings is 3. The first-order chi connectivity index (χ1) is 16.0. The molecule has 1 heterocycles. The van der Waals surface area contributed by atoms with E-state index in [2.05, 4.69) is 13.5 Å². The van der Waals surface area contributed by atoms with Gasteiger partial charge in [-0.25, -0.2) is 8.42 Å². The summed E-state index contributed by atoms with van der Waals surface area (Å²) in [4.78, 5) is 15.3. The summed E-state index contributed by atoms with van der Waals surface area (Å²) < 4.78 is 37.7. The van der Waals surface area contributed by atoms with E-state index in [1.807, 2.05) is 67.6 Å². The third-order valence-electron chi connectivity index (χ3n) is 5.33. The third-order valence-corrected chi connectivity index (χ3v) is 7.37. The normalized spacial score (nSPS) is 12.5. The van der Waals surface area contributed by atoms with Crippen molar-refractivity contribution in [3.8, 4) is 0 Å². The second-order valence-electron chi connectivity index (χ2n) is 7.59. The van der Waals surface area contributed by atoms with Gasteiger partial charge in [0.05, 0.1) is 11.7 Å². The average Bonchev–Trinajstić information content (AvgIpc) is 3.32. The molecule has 4 aromatic rings. The lowest BCUT2D eigenvalue weighted by molar-refractivity contribution is -0.133. The van der Waals surface area contributed by atoms with Crippen molar-refractivity contribution in [2.24, 2.45) is 0 Å². The molecular formula is C24H24N4O3S2. The first-order valence-corrected chi connectivity index (χ1v) is 12.8. The van der Waals surface area contributed by atoms with E-state index in [0.717, 1.165) is 22.9 Å². The van der Waals surface area contributed by atoms with Crippen molar-refractivity contribution in [1.29, 1.82) is 0 Å². The number of carbonyl (C=O) groups is 1. The molecule has 1 N–H and O–H groups in total. The lowest BCUT2D eigenvalue weighted by Crippen LogP contribution is -2.49. The number of fused-ring (bicyclic) bond motifs is 1. The average molecular weight is 481 g/mol. The minimum Gasteiger partial charge on any atom is -0.337 e. The molecule has 7 nitrogen and oxygen atoms in total. The predicted octanol–water partition coefficient (Wildman–Crippen LogP) is 3.63. The number of hydrogen-bond acceptors (Lipinski definition) is 6. The minimum absolute atomic E-state index is 0.0192. The van der Waals surface area contributed by atoms with Gasteiger partial charge in [-0.05, 0) is 36.6 Å². The zero-order valence-corrected chi connectivity index (χ0v) is 19.7. The maximum absolute atomic E-state index is 13.6. The van der Waals surface area contributed by atoms with E-state index in [1.165, 1.54) is 6.07 Å². The fourth-order valence-corrected chi connectivity index (χ4v) is 5.60. The minimum atomic E-state index is -4.03. The monoisotopic (exact) mass is 480 g/mol. The highest BCUT2D eigenvalue weighted by atomic mass is 32.2. The van der Waals surface area contributed by atoms with Gasteiger partial charge in [0.25, 0.3) is 0 Å². The van der Waals surface area contributed by atoms with Gasteiger partial charge in [-0.3, -0.25) is 4.79 Å². The van der Waals surface area contributed by atoms with E-state index >= 15 is 0 Å². The summed E-state index contributed by atoms with van der Waals surface area (Å²) in [5.41, 5.74) is 2.65. The Morgan fingerprint density at radius 3 is 2.27 bits per heavy atom. The number of nitrogens with zero attached hydrogens (tertiary/aromatic N) is 3. The predicted molar refractivity (Wildman–Crippen MR) is 129 cm³/mol. The molecule has 1 aromatic heterocycles. The van der Waals surface area contributed by atoms with Gasteiger partial charge in [0.2, 0.25) is 15.9 Å². The van der Waals surface area contributed by atoms with E-state index in [0.29, 0.717) is 24.1 Å². The van der Waals surface area contributed by atoms with Crippen molar-refractivity contribution >= 4 is 38.7 Å². The number of carbonyl (C=O) groups excluding carboxylic acids is 1. The Kier molecular flexibility index (Phi) is 7.12. The molecule has 9 heteroatoms. The Bertz CT molecular complexity index is 1330. The number of rotatable bonds is 9. The van der Waals surface area contributed by atoms with Crippen LogP contribution in [0.5, 0.6) is 0 Å². The molecule has 4 rings (SSSR count). The summed E-state index contributed by atoms with van der Waals surface area (Å²) in [5.74, 6) is -0.280. The number of amides is 1. The molecule has 1 unspecified atom stereocenters. The summed E-state index contributed by atoms with van der Waals surface area (Å²) >= 11 is 0.953. The van der Waals surface area contributed by atoms with Gasteiger partial charge in [0.15, 0.2) is 0 Å². The fraction of sp³-hybridized carbons (Fsp3) is 0.208. The molecule has 1 amide bonds. The molecule has 0 aliphatic carbocycles. The summed E-state index contributed by atoms with van der Waals surface area (Å²) in [6, 6.07) is 22.9. The van der Waals surface area contributed by atoms with Crippen LogP contribution in [0.1, 0.15) is 18.1 Å².